The summed E-state index contributed by atoms with van der Waals surface area (Å²) in [7, 11) is 7.80. The van der Waals surface area contributed by atoms with Gasteiger partial charge < -0.3 is 0 Å². The standard InChI is InChI=1S/2C19H22N.2C17H20N/c2*1-12-4-5-17(13(2)6-12)19-10-18-15-7-14(8-15)9-16(18)11-20(19)3;1-12-7-8-16(13(2)9-12)17-10-14-5-4-6-15(14)11-18(17)3;1-12-7-8-15(13(2)11-12)17-16-6-4-5-14(16)9-10-18(17)3/h2*4-6,10-11,14-15H,7-9H2,1-3H3;2*7-11H,4-6H2,1-3H3/q4*+1/i1D3,9D2,15D;;1D3,5D2;1D3,5D2,6D2. The van der Waals surface area contributed by atoms with Crippen molar-refractivity contribution in [1.29, 1.82) is 0 Å². The number of aryl methyl sites for hydroxylation is 15. The van der Waals surface area contributed by atoms with Crippen molar-refractivity contribution in [3.8, 4) is 45.0 Å². The molecule has 0 N–H and O–H groups in total. The van der Waals surface area contributed by atoms with E-state index in [4.69, 9.17) is 24.7 Å². The van der Waals surface area contributed by atoms with E-state index in [-0.39, 0.29) is 17.9 Å². The maximum atomic E-state index is 8.70. The van der Waals surface area contributed by atoms with Crippen molar-refractivity contribution in [2.75, 3.05) is 0 Å². The number of fused-ring (bicyclic) bond motifs is 2. The largest absolute Gasteiger partial charge is 0.216 e. The summed E-state index contributed by atoms with van der Waals surface area (Å²) in [6.45, 7) is 3.52. The van der Waals surface area contributed by atoms with Crippen molar-refractivity contribution in [3.63, 3.8) is 0 Å². The van der Waals surface area contributed by atoms with Gasteiger partial charge in [-0.05, 0) is 224 Å². The lowest BCUT2D eigenvalue weighted by Crippen LogP contribution is -2.37. The summed E-state index contributed by atoms with van der Waals surface area (Å²) in [6.07, 6.45) is 8.04. The lowest BCUT2D eigenvalue weighted by Gasteiger charge is -2.41. The van der Waals surface area contributed by atoms with E-state index in [1.54, 1.807) is 78.3 Å². The van der Waals surface area contributed by atoms with Gasteiger partial charge in [0.25, 0.3) is 0 Å². The molecule has 8 aromatic rings. The molecule has 388 valence electrons. The smallest absolute Gasteiger partial charge is 0.201 e. The molecule has 4 heteroatoms. The number of hydrogen-bond donors (Lipinski definition) is 0. The molecule has 0 atom stereocenters. The van der Waals surface area contributed by atoms with Crippen molar-refractivity contribution in [1.82, 2.24) is 0 Å². The number of hydrogen-bond acceptors (Lipinski definition) is 0. The third kappa shape index (κ3) is 10.3. The Morgan fingerprint density at radius 2 is 0.974 bits per heavy atom. The summed E-state index contributed by atoms with van der Waals surface area (Å²) in [5.74, 6) is 1.05. The number of rotatable bonds is 4. The van der Waals surface area contributed by atoms with E-state index in [1.165, 1.54) is 47.7 Å². The summed E-state index contributed by atoms with van der Waals surface area (Å²) in [4.78, 5) is 0. The summed E-state index contributed by atoms with van der Waals surface area (Å²) in [5.41, 5.74) is 20.9. The van der Waals surface area contributed by atoms with Crippen LogP contribution in [0.15, 0.2) is 122 Å². The molecule has 0 unspecified atom stereocenters. The second-order valence-corrected chi connectivity index (χ2v) is 22.3. The molecule has 2 saturated carbocycles. The molecule has 0 saturated heterocycles. The van der Waals surface area contributed by atoms with Crippen LogP contribution in [0.3, 0.4) is 0 Å². The Balaban J connectivity index is 0.000000128. The second kappa shape index (κ2) is 21.1. The van der Waals surface area contributed by atoms with Crippen LogP contribution in [0.4, 0.5) is 0 Å². The zero-order valence-corrected chi connectivity index (χ0v) is 45.7. The van der Waals surface area contributed by atoms with Gasteiger partial charge >= 0.3 is 0 Å². The molecule has 2 fully saturated rings. The number of aromatic nitrogens is 4. The average Bonchev–Trinajstić information content (AvgIpc) is 0.999. The Hall–Kier alpha value is -6.52. The summed E-state index contributed by atoms with van der Waals surface area (Å²) >= 11 is 0. The van der Waals surface area contributed by atoms with E-state index < -0.39 is 51.9 Å². The van der Waals surface area contributed by atoms with E-state index in [0.717, 1.165) is 74.2 Å². The van der Waals surface area contributed by atoms with Crippen LogP contribution in [0.5, 0.6) is 0 Å². The summed E-state index contributed by atoms with van der Waals surface area (Å²) in [5, 5.41) is 0. The number of nitrogens with zero attached hydrogens (tertiary/aromatic N) is 4. The first-order chi connectivity index (χ1) is 43.5. The van der Waals surface area contributed by atoms with Crippen molar-refractivity contribution in [3.05, 3.63) is 211 Å². The van der Waals surface area contributed by atoms with Gasteiger partial charge in [0.1, 0.15) is 28.2 Å². The minimum atomic E-state index is -2.20. The van der Waals surface area contributed by atoms with Crippen molar-refractivity contribution < 1.29 is 42.9 Å². The van der Waals surface area contributed by atoms with Gasteiger partial charge in [-0.1, -0.05) is 70.8 Å². The van der Waals surface area contributed by atoms with Gasteiger partial charge in [0.15, 0.2) is 24.8 Å². The van der Waals surface area contributed by atoms with E-state index in [2.05, 4.69) is 55.9 Å². The van der Waals surface area contributed by atoms with Crippen LogP contribution < -0.4 is 18.3 Å². The maximum Gasteiger partial charge on any atom is 0.216 e. The minimum absolute atomic E-state index is 0.0707. The fraction of sp³-hybridized carbons (Fsp3) is 0.389. The van der Waals surface area contributed by atoms with E-state index >= 15 is 0 Å². The molecule has 0 aliphatic heterocycles. The third-order valence-corrected chi connectivity index (χ3v) is 16.7. The average molecular weight is 1020 g/mol. The molecule has 4 aromatic heterocycles. The predicted molar refractivity (Wildman–Crippen MR) is 313 cm³/mol. The molecule has 0 spiro atoms. The predicted octanol–water partition coefficient (Wildman–Crippen LogP) is 14.3. The number of pyridine rings is 4. The lowest BCUT2D eigenvalue weighted by atomic mass is 9.63. The topological polar surface area (TPSA) is 15.5 Å². The van der Waals surface area contributed by atoms with Gasteiger partial charge in [-0.15, -0.1) is 0 Å². The Labute approximate surface area is 481 Å². The van der Waals surface area contributed by atoms with E-state index in [0.29, 0.717) is 58.3 Å². The van der Waals surface area contributed by atoms with Gasteiger partial charge in [0.2, 0.25) is 22.8 Å². The second-order valence-electron chi connectivity index (χ2n) is 22.3. The first-order valence-corrected chi connectivity index (χ1v) is 27.0. The first kappa shape index (κ1) is 34.3. The van der Waals surface area contributed by atoms with Crippen LogP contribution in [0.25, 0.3) is 45.0 Å². The zero-order valence-electron chi connectivity index (χ0n) is 63.7. The normalized spacial score (nSPS) is 26.3. The van der Waals surface area contributed by atoms with Gasteiger partial charge in [-0.3, -0.25) is 0 Å². The summed E-state index contributed by atoms with van der Waals surface area (Å²) < 4.78 is 151. The van der Waals surface area contributed by atoms with Crippen molar-refractivity contribution >= 4 is 0 Å². The van der Waals surface area contributed by atoms with Gasteiger partial charge in [0, 0.05) is 93.4 Å². The zero-order chi connectivity index (χ0) is 68.7. The molecule has 4 heterocycles. The Bertz CT molecular complexity index is 4340. The van der Waals surface area contributed by atoms with Crippen LogP contribution in [0.2, 0.25) is 0 Å². The maximum absolute atomic E-state index is 8.70. The third-order valence-electron chi connectivity index (χ3n) is 16.7. The van der Waals surface area contributed by atoms with Crippen LogP contribution in [0.1, 0.15) is 164 Å². The molecule has 8 aliphatic rings. The van der Waals surface area contributed by atoms with Crippen LogP contribution in [-0.4, -0.2) is 0 Å². The highest BCUT2D eigenvalue weighted by Crippen LogP contribution is 2.51. The van der Waals surface area contributed by atoms with E-state index in [9.17, 15) is 0 Å². The molecular weight excluding hydrogens is 921 g/mol. The van der Waals surface area contributed by atoms with Crippen molar-refractivity contribution in [2.45, 2.75) is 144 Å². The molecular formula is C72H84N4+4. The van der Waals surface area contributed by atoms with Crippen LogP contribution >= 0.6 is 0 Å². The molecule has 0 amide bonds. The highest BCUT2D eigenvalue weighted by atomic mass is 14.9. The van der Waals surface area contributed by atoms with Gasteiger partial charge in [-0.2, -0.15) is 0 Å². The molecule has 4 aromatic carbocycles. The van der Waals surface area contributed by atoms with Crippen LogP contribution in [0, 0.1) is 67.0 Å². The molecule has 76 heavy (non-hydrogen) atoms. The Morgan fingerprint density at radius 3 is 1.57 bits per heavy atom. The first-order valence-electron chi connectivity index (χ1n) is 36.0. The summed E-state index contributed by atoms with van der Waals surface area (Å²) in [6, 6.07) is 29.9. The molecule has 4 bridgehead atoms. The fourth-order valence-electron chi connectivity index (χ4n) is 12.5. The Kier molecular flexibility index (Phi) is 9.53. The molecule has 0 radical (unpaired) electrons. The lowest BCUT2D eigenvalue weighted by molar-refractivity contribution is -0.661. The van der Waals surface area contributed by atoms with Crippen LogP contribution in [-0.2, 0) is 66.5 Å². The highest BCUT2D eigenvalue weighted by Gasteiger charge is 2.40. The van der Waals surface area contributed by atoms with E-state index in [1.807, 2.05) is 73.7 Å². The minimum Gasteiger partial charge on any atom is -0.201 e. The molecule has 16 rings (SSSR count). The highest BCUT2D eigenvalue weighted by molar-refractivity contribution is 5.68. The van der Waals surface area contributed by atoms with Crippen molar-refractivity contribution in [2.24, 2.45) is 40.0 Å². The number of benzene rings is 4. The fourth-order valence-corrected chi connectivity index (χ4v) is 12.5. The van der Waals surface area contributed by atoms with Gasteiger partial charge in [0.05, 0.1) is 0 Å². The monoisotopic (exact) mass is 1020 g/mol. The molecule has 4 nitrogen and oxygen atoms in total. The quantitative estimate of drug-likeness (QED) is 0.156. The SMILES string of the molecule is Cc1ccc(-c2cc3c(c[n+]2C)CC2CC3C2)c(C)c1.[2H]C([2H])([2H])c1ccc(-c2c3c(cc[n+]2C)C([2H])([2H])CC3([2H])[2H])c(C)c1.[2H]C([2H])([2H])c1ccc(-c2cc3c(c[n+]2C)C([2H])([2H])C2CC3([2H])C2)c(C)c1.[2H]C([2H])([2H])c1ccc(-c2cc3c(c[n+]2C)CCC3([2H])[2H])c(C)c1. The Morgan fingerprint density at radius 1 is 0.461 bits per heavy atom. The van der Waals surface area contributed by atoms with Gasteiger partial charge in [-0.25, -0.2) is 18.3 Å². The molecule has 8 aliphatic carbocycles.